The van der Waals surface area contributed by atoms with Crippen molar-refractivity contribution >= 4 is 24.4 Å². The fourth-order valence-electron chi connectivity index (χ4n) is 3.57. The van der Waals surface area contributed by atoms with Gasteiger partial charge in [0.25, 0.3) is 0 Å². The number of thiol groups is 1. The maximum absolute atomic E-state index is 12.3. The van der Waals surface area contributed by atoms with Crippen LogP contribution in [0.4, 0.5) is 0 Å². The monoisotopic (exact) mass is 297 g/mol. The van der Waals surface area contributed by atoms with E-state index < -0.39 is 0 Å². The number of rotatable bonds is 3. The van der Waals surface area contributed by atoms with Gasteiger partial charge in [-0.15, -0.1) is 0 Å². The molecule has 20 heavy (non-hydrogen) atoms. The average Bonchev–Trinajstić information content (AvgIpc) is 2.59. The molecule has 4 heteroatoms. The largest absolute Gasteiger partial charge is 0.282 e. The van der Waals surface area contributed by atoms with E-state index in [1.165, 1.54) is 30.6 Å². The van der Waals surface area contributed by atoms with Gasteiger partial charge in [0, 0.05) is 19.4 Å². The van der Waals surface area contributed by atoms with Crippen LogP contribution in [0.25, 0.3) is 0 Å². The molecule has 2 fully saturated rings. The van der Waals surface area contributed by atoms with E-state index in [1.54, 1.807) is 0 Å². The van der Waals surface area contributed by atoms with Crippen LogP contribution in [0.15, 0.2) is 0 Å². The fraction of sp³-hybridized carbons (Fsp3) is 0.875. The molecule has 2 rings (SSSR count). The van der Waals surface area contributed by atoms with E-state index in [2.05, 4.69) is 12.6 Å². The molecule has 0 aromatic rings. The summed E-state index contributed by atoms with van der Waals surface area (Å²) < 4.78 is 0. The number of imide groups is 1. The Balaban J connectivity index is 2.10. The molecule has 3 nitrogen and oxygen atoms in total. The van der Waals surface area contributed by atoms with E-state index in [-0.39, 0.29) is 22.6 Å². The van der Waals surface area contributed by atoms with Crippen LogP contribution in [0.3, 0.4) is 0 Å². The highest BCUT2D eigenvalue weighted by Crippen LogP contribution is 2.39. The first-order chi connectivity index (χ1) is 9.37. The van der Waals surface area contributed by atoms with Crippen LogP contribution >= 0.6 is 12.6 Å². The Morgan fingerprint density at radius 2 is 1.50 bits per heavy atom. The molecule has 1 saturated carbocycles. The van der Waals surface area contributed by atoms with Gasteiger partial charge in [0.2, 0.25) is 11.8 Å². The zero-order chi connectivity index (χ0) is 14.8. The summed E-state index contributed by atoms with van der Waals surface area (Å²) in [5, 5.41) is 0. The molecule has 1 saturated heterocycles. The molecule has 0 atom stereocenters. The van der Waals surface area contributed by atoms with Crippen molar-refractivity contribution in [3.63, 3.8) is 0 Å². The summed E-state index contributed by atoms with van der Waals surface area (Å²) in [6, 6.07) is 0. The lowest BCUT2D eigenvalue weighted by molar-refractivity contribution is -0.154. The van der Waals surface area contributed by atoms with Crippen LogP contribution < -0.4 is 0 Å². The third-order valence-electron chi connectivity index (χ3n) is 4.85. The average molecular weight is 297 g/mol. The number of piperidine rings is 1. The molecule has 0 N–H and O–H groups in total. The third kappa shape index (κ3) is 3.57. The van der Waals surface area contributed by atoms with Crippen molar-refractivity contribution in [2.45, 2.75) is 65.2 Å². The Hall–Kier alpha value is -0.510. The fourth-order valence-corrected chi connectivity index (χ4v) is 3.98. The van der Waals surface area contributed by atoms with Gasteiger partial charge in [-0.05, 0) is 29.4 Å². The summed E-state index contributed by atoms with van der Waals surface area (Å²) in [5.74, 6) is 0.793. The second-order valence-corrected chi connectivity index (χ2v) is 7.78. The highest BCUT2D eigenvalue weighted by atomic mass is 32.1. The van der Waals surface area contributed by atoms with Crippen LogP contribution in [-0.2, 0) is 9.59 Å². The van der Waals surface area contributed by atoms with Gasteiger partial charge < -0.3 is 0 Å². The molecule has 2 amide bonds. The summed E-state index contributed by atoms with van der Waals surface area (Å²) in [6.07, 6.45) is 8.09. The zero-order valence-corrected chi connectivity index (χ0v) is 13.7. The molecular weight excluding hydrogens is 270 g/mol. The van der Waals surface area contributed by atoms with Crippen molar-refractivity contribution in [2.24, 2.45) is 10.8 Å². The van der Waals surface area contributed by atoms with E-state index in [0.29, 0.717) is 19.4 Å². The highest BCUT2D eigenvalue weighted by Gasteiger charge is 2.41. The molecule has 2 aliphatic rings. The number of hydrogen-bond acceptors (Lipinski definition) is 3. The highest BCUT2D eigenvalue weighted by molar-refractivity contribution is 7.80. The summed E-state index contributed by atoms with van der Waals surface area (Å²) in [6.45, 7) is 4.59. The first kappa shape index (κ1) is 15.9. The molecule has 1 aliphatic carbocycles. The van der Waals surface area contributed by atoms with Crippen molar-refractivity contribution in [3.8, 4) is 0 Å². The molecule has 1 heterocycles. The van der Waals surface area contributed by atoms with Gasteiger partial charge >= 0.3 is 0 Å². The minimum atomic E-state index is -0.178. The van der Waals surface area contributed by atoms with Gasteiger partial charge in [-0.25, -0.2) is 0 Å². The maximum Gasteiger partial charge on any atom is 0.229 e. The lowest BCUT2D eigenvalue weighted by atomic mass is 9.78. The molecule has 0 spiro atoms. The van der Waals surface area contributed by atoms with Gasteiger partial charge in [-0.3, -0.25) is 14.5 Å². The maximum atomic E-state index is 12.3. The predicted molar refractivity (Wildman–Crippen MR) is 83.7 cm³/mol. The van der Waals surface area contributed by atoms with Crippen molar-refractivity contribution in [3.05, 3.63) is 0 Å². The summed E-state index contributed by atoms with van der Waals surface area (Å²) >= 11 is 4.54. The number of likely N-dealkylation sites (tertiary alicyclic amines) is 1. The van der Waals surface area contributed by atoms with Gasteiger partial charge in [0.05, 0.1) is 0 Å². The minimum absolute atomic E-state index is 0.0108. The number of carbonyl (C=O) groups is 2. The van der Waals surface area contributed by atoms with E-state index in [4.69, 9.17) is 0 Å². The minimum Gasteiger partial charge on any atom is -0.282 e. The van der Waals surface area contributed by atoms with Crippen molar-refractivity contribution < 1.29 is 9.59 Å². The van der Waals surface area contributed by atoms with Crippen LogP contribution in [0.5, 0.6) is 0 Å². The molecule has 0 bridgehead atoms. The Morgan fingerprint density at radius 3 is 1.95 bits per heavy atom. The van der Waals surface area contributed by atoms with Crippen LogP contribution in [0.1, 0.15) is 65.2 Å². The molecule has 0 aromatic heterocycles. The van der Waals surface area contributed by atoms with Crippen molar-refractivity contribution in [2.75, 3.05) is 12.3 Å². The molecule has 1 aliphatic heterocycles. The van der Waals surface area contributed by atoms with E-state index in [1.807, 2.05) is 13.8 Å². The normalized spacial score (nSPS) is 26.4. The van der Waals surface area contributed by atoms with Crippen molar-refractivity contribution in [1.29, 1.82) is 0 Å². The number of nitrogens with zero attached hydrogens (tertiary/aromatic N) is 1. The quantitative estimate of drug-likeness (QED) is 0.492. The summed E-state index contributed by atoms with van der Waals surface area (Å²) in [5.41, 5.74) is -0.130. The molecule has 114 valence electrons. The summed E-state index contributed by atoms with van der Waals surface area (Å²) in [4.78, 5) is 26.2. The Kier molecular flexibility index (Phi) is 4.83. The second-order valence-electron chi connectivity index (χ2n) is 7.46. The third-order valence-corrected chi connectivity index (χ3v) is 5.53. The van der Waals surface area contributed by atoms with Crippen LogP contribution in [-0.4, -0.2) is 29.0 Å². The number of amides is 2. The second kappa shape index (κ2) is 6.08. The van der Waals surface area contributed by atoms with E-state index in [9.17, 15) is 9.59 Å². The molecule has 0 unspecified atom stereocenters. The van der Waals surface area contributed by atoms with Crippen molar-refractivity contribution in [1.82, 2.24) is 4.90 Å². The van der Waals surface area contributed by atoms with Gasteiger partial charge in [0.1, 0.15) is 0 Å². The lowest BCUT2D eigenvalue weighted by Crippen LogP contribution is -2.51. The molecular formula is C16H27NO2S. The van der Waals surface area contributed by atoms with Crippen LogP contribution in [0.2, 0.25) is 0 Å². The number of hydrogen-bond donors (Lipinski definition) is 1. The van der Waals surface area contributed by atoms with Gasteiger partial charge in [0.15, 0.2) is 0 Å². The van der Waals surface area contributed by atoms with Crippen LogP contribution in [0, 0.1) is 10.8 Å². The Bertz CT molecular complexity index is 364. The molecule has 0 radical (unpaired) electrons. The Labute approximate surface area is 127 Å². The Morgan fingerprint density at radius 1 is 1.00 bits per heavy atom. The van der Waals surface area contributed by atoms with Gasteiger partial charge in [-0.2, -0.15) is 12.6 Å². The molecule has 0 aromatic carbocycles. The van der Waals surface area contributed by atoms with Gasteiger partial charge in [-0.1, -0.05) is 39.5 Å². The smallest absolute Gasteiger partial charge is 0.229 e. The predicted octanol–water partition coefficient (Wildman–Crippen LogP) is 3.43. The standard InChI is InChI=1S/C16H27NO2S/c1-15(2)9-13(18)17(14(19)10-15)11-16(12-20)7-5-3-4-6-8-16/h20H,3-12H2,1-2H3. The SMILES string of the molecule is CC1(C)CC(=O)N(CC2(CS)CCCCCC2)C(=O)C1. The number of carbonyl (C=O) groups excluding carboxylic acids is 2. The van der Waals surface area contributed by atoms with E-state index >= 15 is 0 Å². The first-order valence-corrected chi connectivity index (χ1v) is 8.45. The zero-order valence-electron chi connectivity index (χ0n) is 12.8. The topological polar surface area (TPSA) is 37.4 Å². The first-order valence-electron chi connectivity index (χ1n) is 7.82. The summed E-state index contributed by atoms with van der Waals surface area (Å²) in [7, 11) is 0. The lowest BCUT2D eigenvalue weighted by Gasteiger charge is -2.41. The van der Waals surface area contributed by atoms with E-state index in [0.717, 1.165) is 18.6 Å².